The number of amides is 1. The minimum Gasteiger partial charge on any atom is -0.496 e. The first kappa shape index (κ1) is 21.9. The summed E-state index contributed by atoms with van der Waals surface area (Å²) in [7, 11) is -2.31. The third-order valence-electron chi connectivity index (χ3n) is 4.38. The molecule has 28 heavy (non-hydrogen) atoms. The molecule has 0 saturated carbocycles. The first-order valence-corrected chi connectivity index (χ1v) is 10.8. The van der Waals surface area contributed by atoms with Gasteiger partial charge in [0.15, 0.2) is 0 Å². The Morgan fingerprint density at radius 3 is 2.46 bits per heavy atom. The first-order chi connectivity index (χ1) is 13.4. The summed E-state index contributed by atoms with van der Waals surface area (Å²) < 4.78 is 32.9. The van der Waals surface area contributed by atoms with Crippen LogP contribution in [0.25, 0.3) is 0 Å². The molecule has 6 nitrogen and oxygen atoms in total. The van der Waals surface area contributed by atoms with Crippen molar-refractivity contribution in [3.05, 3.63) is 59.7 Å². The standard InChI is InChI=1S/C21H28N2O4S/c1-4-5-13-22-21(24)16-23(15-18-9-7-6-8-10-18)28(25,26)19-11-12-20(27-3)17(2)14-19/h6-12,14H,4-5,13,15-16H2,1-3H3,(H,22,24). The normalized spacial score (nSPS) is 11.4. The summed E-state index contributed by atoms with van der Waals surface area (Å²) in [6, 6.07) is 14.0. The molecule has 0 heterocycles. The molecule has 0 bridgehead atoms. The summed E-state index contributed by atoms with van der Waals surface area (Å²) in [5.74, 6) is 0.309. The van der Waals surface area contributed by atoms with E-state index >= 15 is 0 Å². The highest BCUT2D eigenvalue weighted by atomic mass is 32.2. The van der Waals surface area contributed by atoms with Crippen LogP contribution in [-0.2, 0) is 21.4 Å². The molecule has 7 heteroatoms. The minimum absolute atomic E-state index is 0.120. The van der Waals surface area contributed by atoms with E-state index < -0.39 is 10.0 Å². The van der Waals surface area contributed by atoms with E-state index in [1.807, 2.05) is 37.3 Å². The van der Waals surface area contributed by atoms with Crippen LogP contribution in [0.15, 0.2) is 53.4 Å². The van der Waals surface area contributed by atoms with Gasteiger partial charge >= 0.3 is 0 Å². The monoisotopic (exact) mass is 404 g/mol. The van der Waals surface area contributed by atoms with Crippen LogP contribution < -0.4 is 10.1 Å². The summed E-state index contributed by atoms with van der Waals surface area (Å²) in [6.45, 7) is 4.25. The molecule has 0 radical (unpaired) electrons. The Hall–Kier alpha value is -2.38. The van der Waals surface area contributed by atoms with Crippen LogP contribution in [0.2, 0.25) is 0 Å². The summed E-state index contributed by atoms with van der Waals surface area (Å²) in [5.41, 5.74) is 1.54. The topological polar surface area (TPSA) is 75.7 Å². The Balaban J connectivity index is 2.30. The average molecular weight is 405 g/mol. The van der Waals surface area contributed by atoms with E-state index in [2.05, 4.69) is 5.32 Å². The van der Waals surface area contributed by atoms with Gasteiger partial charge in [0, 0.05) is 13.1 Å². The van der Waals surface area contributed by atoms with Gasteiger partial charge in [-0.05, 0) is 42.7 Å². The zero-order valence-electron chi connectivity index (χ0n) is 16.6. The maximum Gasteiger partial charge on any atom is 0.243 e. The van der Waals surface area contributed by atoms with Crippen LogP contribution >= 0.6 is 0 Å². The number of nitrogens with one attached hydrogen (secondary N) is 1. The predicted octanol–water partition coefficient (Wildman–Crippen LogP) is 3.11. The number of hydrogen-bond acceptors (Lipinski definition) is 4. The van der Waals surface area contributed by atoms with E-state index in [0.717, 1.165) is 24.0 Å². The van der Waals surface area contributed by atoms with Gasteiger partial charge < -0.3 is 10.1 Å². The number of unbranched alkanes of at least 4 members (excludes halogenated alkanes) is 1. The van der Waals surface area contributed by atoms with Crippen LogP contribution in [0.1, 0.15) is 30.9 Å². The third-order valence-corrected chi connectivity index (χ3v) is 6.17. The second-order valence-corrected chi connectivity index (χ2v) is 8.53. The van der Waals surface area contributed by atoms with Gasteiger partial charge in [-0.3, -0.25) is 4.79 Å². The minimum atomic E-state index is -3.86. The molecule has 0 aliphatic carbocycles. The Bertz CT molecular complexity index is 883. The molecule has 0 unspecified atom stereocenters. The molecule has 2 aromatic rings. The van der Waals surface area contributed by atoms with Crippen molar-refractivity contribution in [2.24, 2.45) is 0 Å². The molecular weight excluding hydrogens is 376 g/mol. The lowest BCUT2D eigenvalue weighted by molar-refractivity contribution is -0.121. The summed E-state index contributed by atoms with van der Waals surface area (Å²) in [5, 5.41) is 2.79. The molecule has 2 aromatic carbocycles. The largest absolute Gasteiger partial charge is 0.496 e. The predicted molar refractivity (Wildman–Crippen MR) is 110 cm³/mol. The van der Waals surface area contributed by atoms with Gasteiger partial charge in [-0.2, -0.15) is 4.31 Å². The first-order valence-electron chi connectivity index (χ1n) is 9.34. The van der Waals surface area contributed by atoms with E-state index in [0.29, 0.717) is 12.3 Å². The van der Waals surface area contributed by atoms with Gasteiger partial charge in [0.2, 0.25) is 15.9 Å². The van der Waals surface area contributed by atoms with Crippen molar-refractivity contribution in [1.82, 2.24) is 9.62 Å². The van der Waals surface area contributed by atoms with Gasteiger partial charge in [-0.15, -0.1) is 0 Å². The number of benzene rings is 2. The fourth-order valence-electron chi connectivity index (χ4n) is 2.79. The number of ether oxygens (including phenoxy) is 1. The number of carbonyl (C=O) groups excluding carboxylic acids is 1. The lowest BCUT2D eigenvalue weighted by Gasteiger charge is -2.22. The van der Waals surface area contributed by atoms with Crippen molar-refractivity contribution in [3.8, 4) is 5.75 Å². The van der Waals surface area contributed by atoms with Crippen molar-refractivity contribution in [2.45, 2.75) is 38.1 Å². The summed E-state index contributed by atoms with van der Waals surface area (Å²) >= 11 is 0. The van der Waals surface area contributed by atoms with Crippen molar-refractivity contribution < 1.29 is 17.9 Å². The summed E-state index contributed by atoms with van der Waals surface area (Å²) in [6.07, 6.45) is 1.81. The number of rotatable bonds is 10. The van der Waals surface area contributed by atoms with Gasteiger partial charge in [-0.1, -0.05) is 43.7 Å². The number of sulfonamides is 1. The van der Waals surface area contributed by atoms with Gasteiger partial charge in [0.25, 0.3) is 0 Å². The lowest BCUT2D eigenvalue weighted by atomic mass is 10.2. The number of hydrogen-bond donors (Lipinski definition) is 1. The van der Waals surface area contributed by atoms with Crippen molar-refractivity contribution >= 4 is 15.9 Å². The Kier molecular flexibility index (Phi) is 8.02. The highest BCUT2D eigenvalue weighted by molar-refractivity contribution is 7.89. The SMILES string of the molecule is CCCCNC(=O)CN(Cc1ccccc1)S(=O)(=O)c1ccc(OC)c(C)c1. The van der Waals surface area contributed by atoms with Crippen LogP contribution in [-0.4, -0.2) is 38.8 Å². The second kappa shape index (κ2) is 10.2. The fourth-order valence-corrected chi connectivity index (χ4v) is 4.26. The molecule has 2 rings (SSSR count). The molecule has 1 amide bonds. The Morgan fingerprint density at radius 2 is 1.86 bits per heavy atom. The van der Waals surface area contributed by atoms with Crippen LogP contribution in [0.4, 0.5) is 0 Å². The van der Waals surface area contributed by atoms with Crippen LogP contribution in [0.3, 0.4) is 0 Å². The van der Waals surface area contributed by atoms with E-state index in [1.165, 1.54) is 10.4 Å². The molecule has 0 aromatic heterocycles. The quantitative estimate of drug-likeness (QED) is 0.618. The maximum atomic E-state index is 13.3. The van der Waals surface area contributed by atoms with Gasteiger partial charge in [-0.25, -0.2) is 8.42 Å². The zero-order chi connectivity index (χ0) is 20.6. The second-order valence-electron chi connectivity index (χ2n) is 6.59. The van der Waals surface area contributed by atoms with Crippen LogP contribution in [0, 0.1) is 6.92 Å². The number of methoxy groups -OCH3 is 1. The summed E-state index contributed by atoms with van der Waals surface area (Å²) in [4.78, 5) is 12.5. The van der Waals surface area contributed by atoms with E-state index in [4.69, 9.17) is 4.74 Å². The van der Waals surface area contributed by atoms with Crippen molar-refractivity contribution in [2.75, 3.05) is 20.2 Å². The fraction of sp³-hybridized carbons (Fsp3) is 0.381. The molecule has 0 aliphatic heterocycles. The van der Waals surface area contributed by atoms with E-state index in [1.54, 1.807) is 26.2 Å². The number of carbonyl (C=O) groups is 1. The zero-order valence-corrected chi connectivity index (χ0v) is 17.5. The third kappa shape index (κ3) is 5.81. The molecule has 0 aliphatic rings. The highest BCUT2D eigenvalue weighted by Crippen LogP contribution is 2.24. The maximum absolute atomic E-state index is 13.3. The molecule has 0 atom stereocenters. The van der Waals surface area contributed by atoms with E-state index in [9.17, 15) is 13.2 Å². The molecule has 0 fully saturated rings. The van der Waals surface area contributed by atoms with Crippen molar-refractivity contribution in [1.29, 1.82) is 0 Å². The van der Waals surface area contributed by atoms with Gasteiger partial charge in [0.05, 0.1) is 18.6 Å². The van der Waals surface area contributed by atoms with Crippen molar-refractivity contribution in [3.63, 3.8) is 0 Å². The molecule has 152 valence electrons. The average Bonchev–Trinajstić information content (AvgIpc) is 2.68. The number of nitrogens with zero attached hydrogens (tertiary/aromatic N) is 1. The molecule has 0 saturated heterocycles. The molecule has 0 spiro atoms. The van der Waals surface area contributed by atoms with Crippen LogP contribution in [0.5, 0.6) is 5.75 Å². The molecule has 1 N–H and O–H groups in total. The van der Waals surface area contributed by atoms with E-state index in [-0.39, 0.29) is 23.9 Å². The Labute approximate surface area is 167 Å². The smallest absolute Gasteiger partial charge is 0.243 e. The lowest BCUT2D eigenvalue weighted by Crippen LogP contribution is -2.40. The molecular formula is C21H28N2O4S. The number of aryl methyl sites for hydroxylation is 1. The highest BCUT2D eigenvalue weighted by Gasteiger charge is 2.27. The Morgan fingerprint density at radius 1 is 1.14 bits per heavy atom. The van der Waals surface area contributed by atoms with Gasteiger partial charge in [0.1, 0.15) is 5.75 Å².